The smallest absolute Gasteiger partial charge is 0.203 e. The van der Waals surface area contributed by atoms with Crippen molar-refractivity contribution in [3.63, 3.8) is 0 Å². The molecule has 0 spiro atoms. The van der Waals surface area contributed by atoms with Crippen molar-refractivity contribution in [2.75, 3.05) is 5.48 Å². The topological polar surface area (TPSA) is 83.0 Å². The fraction of sp³-hybridized carbons (Fsp3) is 0.125. The van der Waals surface area contributed by atoms with E-state index in [1.807, 2.05) is 29.7 Å². The Labute approximate surface area is 137 Å². The lowest BCUT2D eigenvalue weighted by molar-refractivity contribution is 0.0971. The van der Waals surface area contributed by atoms with Crippen LogP contribution in [0.15, 0.2) is 42.5 Å². The van der Waals surface area contributed by atoms with Crippen LogP contribution in [-0.4, -0.2) is 20.1 Å². The largest absolute Gasteiger partial charge is 0.313 e. The minimum absolute atomic E-state index is 0.0344. The van der Waals surface area contributed by atoms with Gasteiger partial charge in [-0.2, -0.15) is 0 Å². The number of nitrogens with zero attached hydrogens (tertiary/aromatic N) is 2. The van der Waals surface area contributed by atoms with Crippen molar-refractivity contribution >= 4 is 34.1 Å². The summed E-state index contributed by atoms with van der Waals surface area (Å²) in [6.45, 7) is 0.0344. The quantitative estimate of drug-likeness (QED) is 0.508. The zero-order valence-corrected chi connectivity index (χ0v) is 13.1. The van der Waals surface area contributed by atoms with Crippen LogP contribution in [0.3, 0.4) is 0 Å². The number of aromatic nitrogens is 2. The van der Waals surface area contributed by atoms with Gasteiger partial charge in [0.15, 0.2) is 5.78 Å². The Hall–Kier alpha value is -2.57. The number of carbonyl (C=O) groups is 1. The van der Waals surface area contributed by atoms with Gasteiger partial charge in [-0.25, -0.2) is 0 Å². The number of fused-ring (bicyclic) bond motifs is 1. The van der Waals surface area contributed by atoms with Gasteiger partial charge in [-0.3, -0.25) is 20.9 Å². The average Bonchev–Trinajstić information content (AvgIpc) is 2.80. The number of anilines is 1. The molecule has 0 aliphatic rings. The molecule has 0 aliphatic heterocycles. The fourth-order valence-electron chi connectivity index (χ4n) is 2.56. The molecule has 0 unspecified atom stereocenters. The molecule has 1 heterocycles. The molecule has 0 atom stereocenters. The predicted octanol–water partition coefficient (Wildman–Crippen LogP) is 2.80. The molecule has 7 heteroatoms. The van der Waals surface area contributed by atoms with Crippen molar-refractivity contribution in [1.29, 1.82) is 5.41 Å². The van der Waals surface area contributed by atoms with Crippen LogP contribution in [0, 0.1) is 5.41 Å². The Kier molecular flexibility index (Phi) is 3.94. The number of nitrogens with one attached hydrogen (secondary N) is 2. The minimum Gasteiger partial charge on any atom is -0.313 e. The van der Waals surface area contributed by atoms with Gasteiger partial charge in [-0.1, -0.05) is 23.7 Å². The van der Waals surface area contributed by atoms with E-state index < -0.39 is 0 Å². The number of carbonyl (C=O) groups excluding carboxylic acids is 1. The summed E-state index contributed by atoms with van der Waals surface area (Å²) in [5.74, 6) is -0.173. The first-order chi connectivity index (χ1) is 11.0. The van der Waals surface area contributed by atoms with Gasteiger partial charge in [0.25, 0.3) is 0 Å². The summed E-state index contributed by atoms with van der Waals surface area (Å²) in [6, 6.07) is 12.2. The van der Waals surface area contributed by atoms with Gasteiger partial charge in [0.2, 0.25) is 5.62 Å². The number of hydrogen-bond acceptors (Lipinski definition) is 4. The maximum Gasteiger partial charge on any atom is 0.203 e. The lowest BCUT2D eigenvalue weighted by atomic mass is 10.1. The second-order valence-corrected chi connectivity index (χ2v) is 5.59. The highest BCUT2D eigenvalue weighted by Crippen LogP contribution is 2.23. The van der Waals surface area contributed by atoms with Gasteiger partial charge < -0.3 is 9.13 Å². The third-order valence-electron chi connectivity index (χ3n) is 3.82. The molecular formula is C16H15ClN4O2. The van der Waals surface area contributed by atoms with Crippen LogP contribution in [-0.2, 0) is 13.6 Å². The van der Waals surface area contributed by atoms with E-state index in [9.17, 15) is 4.79 Å². The lowest BCUT2D eigenvalue weighted by Crippen LogP contribution is -2.25. The maximum atomic E-state index is 12.5. The summed E-state index contributed by atoms with van der Waals surface area (Å²) in [5, 5.41) is 17.5. The number of para-hydroxylation sites is 2. The van der Waals surface area contributed by atoms with Crippen LogP contribution < -0.4 is 11.1 Å². The first-order valence-electron chi connectivity index (χ1n) is 6.94. The van der Waals surface area contributed by atoms with Crippen LogP contribution in [0.2, 0.25) is 5.02 Å². The third kappa shape index (κ3) is 2.62. The van der Waals surface area contributed by atoms with E-state index in [4.69, 9.17) is 22.2 Å². The van der Waals surface area contributed by atoms with Crippen molar-refractivity contribution in [2.24, 2.45) is 7.05 Å². The van der Waals surface area contributed by atoms with E-state index in [0.717, 1.165) is 11.0 Å². The minimum atomic E-state index is -0.173. The van der Waals surface area contributed by atoms with Gasteiger partial charge in [-0.05, 0) is 30.3 Å². The Balaban J connectivity index is 2.01. The molecule has 0 radical (unpaired) electrons. The molecule has 0 saturated heterocycles. The third-order valence-corrected chi connectivity index (χ3v) is 4.15. The molecule has 118 valence electrons. The van der Waals surface area contributed by atoms with Gasteiger partial charge in [-0.15, -0.1) is 0 Å². The highest BCUT2D eigenvalue weighted by molar-refractivity contribution is 6.33. The summed E-state index contributed by atoms with van der Waals surface area (Å²) < 4.78 is 3.38. The fourth-order valence-corrected chi connectivity index (χ4v) is 2.72. The number of imidazole rings is 1. The summed E-state index contributed by atoms with van der Waals surface area (Å²) in [7, 11) is 1.79. The van der Waals surface area contributed by atoms with Crippen LogP contribution >= 0.6 is 11.6 Å². The summed E-state index contributed by atoms with van der Waals surface area (Å²) in [5.41, 5.74) is 4.60. The molecule has 0 bridgehead atoms. The summed E-state index contributed by atoms with van der Waals surface area (Å²) in [4.78, 5) is 12.5. The molecule has 1 aromatic heterocycles. The molecule has 3 N–H and O–H groups in total. The second kappa shape index (κ2) is 5.91. The number of benzene rings is 2. The molecule has 3 aromatic rings. The molecule has 0 amide bonds. The second-order valence-electron chi connectivity index (χ2n) is 5.19. The lowest BCUT2D eigenvalue weighted by Gasteiger charge is -2.07. The zero-order valence-electron chi connectivity index (χ0n) is 12.4. The Bertz CT molecular complexity index is 958. The molecule has 3 rings (SSSR count). The average molecular weight is 331 g/mol. The number of Topliss-reactive ketones (excluding diaryl/α,β-unsaturated/α-hetero) is 1. The Morgan fingerprint density at radius 2 is 1.96 bits per heavy atom. The maximum absolute atomic E-state index is 12.5. The van der Waals surface area contributed by atoms with Gasteiger partial charge in [0.1, 0.15) is 0 Å². The van der Waals surface area contributed by atoms with Crippen molar-refractivity contribution in [2.45, 2.75) is 6.54 Å². The standard InChI is InChI=1S/C16H15ClN4O2/c1-20-13-4-2-3-5-14(13)21(16(20)18)9-15(22)10-6-7-11(17)12(8-10)19-23/h2-8,18-19,23H,9H2,1H3. The van der Waals surface area contributed by atoms with Crippen LogP contribution in [0.1, 0.15) is 10.4 Å². The van der Waals surface area contributed by atoms with E-state index in [-0.39, 0.29) is 23.6 Å². The summed E-state index contributed by atoms with van der Waals surface area (Å²) >= 11 is 5.90. The molecule has 0 saturated carbocycles. The van der Waals surface area contributed by atoms with Crippen LogP contribution in [0.5, 0.6) is 0 Å². The number of halogens is 1. The molecule has 0 fully saturated rings. The van der Waals surface area contributed by atoms with Crippen molar-refractivity contribution in [3.05, 3.63) is 58.7 Å². The first kappa shape index (κ1) is 15.3. The van der Waals surface area contributed by atoms with E-state index in [2.05, 4.69) is 0 Å². The molecule has 0 aliphatic carbocycles. The van der Waals surface area contributed by atoms with Gasteiger partial charge in [0.05, 0.1) is 28.3 Å². The molecule has 6 nitrogen and oxygen atoms in total. The highest BCUT2D eigenvalue weighted by atomic mass is 35.5. The van der Waals surface area contributed by atoms with Gasteiger partial charge >= 0.3 is 0 Å². The monoisotopic (exact) mass is 330 g/mol. The van der Waals surface area contributed by atoms with E-state index in [1.54, 1.807) is 28.3 Å². The SMILES string of the molecule is Cn1c(=N)n(CC(=O)c2ccc(Cl)c(NO)c2)c2ccccc21. The zero-order chi connectivity index (χ0) is 16.6. The van der Waals surface area contributed by atoms with Crippen molar-refractivity contribution in [3.8, 4) is 0 Å². The number of rotatable bonds is 4. The summed E-state index contributed by atoms with van der Waals surface area (Å²) in [6.07, 6.45) is 0. The van der Waals surface area contributed by atoms with E-state index in [0.29, 0.717) is 10.6 Å². The molecular weight excluding hydrogens is 316 g/mol. The first-order valence-corrected chi connectivity index (χ1v) is 7.32. The number of hydrogen-bond donors (Lipinski definition) is 3. The highest BCUT2D eigenvalue weighted by Gasteiger charge is 2.14. The Morgan fingerprint density at radius 1 is 1.26 bits per heavy atom. The Morgan fingerprint density at radius 3 is 2.65 bits per heavy atom. The molecule has 23 heavy (non-hydrogen) atoms. The van der Waals surface area contributed by atoms with Crippen LogP contribution in [0.4, 0.5) is 5.69 Å². The normalized spacial score (nSPS) is 10.9. The van der Waals surface area contributed by atoms with E-state index >= 15 is 0 Å². The van der Waals surface area contributed by atoms with Gasteiger partial charge in [0, 0.05) is 12.6 Å². The number of ketones is 1. The number of aryl methyl sites for hydroxylation is 1. The van der Waals surface area contributed by atoms with Crippen molar-refractivity contribution < 1.29 is 10.0 Å². The van der Waals surface area contributed by atoms with Crippen molar-refractivity contribution in [1.82, 2.24) is 9.13 Å². The van der Waals surface area contributed by atoms with Crippen LogP contribution in [0.25, 0.3) is 11.0 Å². The van der Waals surface area contributed by atoms with E-state index in [1.165, 1.54) is 6.07 Å². The predicted molar refractivity (Wildman–Crippen MR) is 88.0 cm³/mol. The molecule has 2 aromatic carbocycles.